The third-order valence-corrected chi connectivity index (χ3v) is 6.71. The summed E-state index contributed by atoms with van der Waals surface area (Å²) >= 11 is 0. The van der Waals surface area contributed by atoms with Crippen molar-refractivity contribution in [3.8, 4) is 17.0 Å². The fourth-order valence-electron chi connectivity index (χ4n) is 4.58. The van der Waals surface area contributed by atoms with Crippen LogP contribution in [0, 0.1) is 13.8 Å². The first-order valence-corrected chi connectivity index (χ1v) is 11.8. The van der Waals surface area contributed by atoms with Crippen LogP contribution in [0.15, 0.2) is 36.7 Å². The Labute approximate surface area is 205 Å². The minimum Gasteiger partial charge on any atom is -0.495 e. The summed E-state index contributed by atoms with van der Waals surface area (Å²) in [6.45, 7) is 5.77. The van der Waals surface area contributed by atoms with Crippen molar-refractivity contribution >= 4 is 28.4 Å². The van der Waals surface area contributed by atoms with Gasteiger partial charge in [0.25, 0.3) is 0 Å². The molecule has 0 spiro atoms. The van der Waals surface area contributed by atoms with Gasteiger partial charge < -0.3 is 24.3 Å². The summed E-state index contributed by atoms with van der Waals surface area (Å²) in [5, 5.41) is 4.31. The fourth-order valence-corrected chi connectivity index (χ4v) is 4.58. The van der Waals surface area contributed by atoms with Crippen LogP contribution in [0.1, 0.15) is 24.4 Å². The van der Waals surface area contributed by atoms with Gasteiger partial charge in [-0.05, 0) is 44.9 Å². The Hall–Kier alpha value is -3.72. The topological polar surface area (TPSA) is 90.2 Å². The Morgan fingerprint density at radius 1 is 1.00 bits per heavy atom. The summed E-state index contributed by atoms with van der Waals surface area (Å²) in [4.78, 5) is 21.0. The number of aromatic nitrogens is 5. The Kier molecular flexibility index (Phi) is 6.25. The predicted octanol–water partition coefficient (Wildman–Crippen LogP) is 4.41. The van der Waals surface area contributed by atoms with Crippen molar-refractivity contribution in [1.29, 1.82) is 0 Å². The van der Waals surface area contributed by atoms with E-state index in [1.807, 2.05) is 57.6 Å². The molecule has 5 rings (SSSR count). The maximum absolute atomic E-state index is 5.69. The van der Waals surface area contributed by atoms with E-state index in [0.717, 1.165) is 71.1 Å². The number of imidazole rings is 1. The first-order chi connectivity index (χ1) is 17.0. The number of aryl methyl sites for hydroxylation is 2. The smallest absolute Gasteiger partial charge is 0.227 e. The second kappa shape index (κ2) is 9.50. The lowest BCUT2D eigenvalue weighted by Gasteiger charge is -2.32. The Balaban J connectivity index is 1.47. The summed E-state index contributed by atoms with van der Waals surface area (Å²) in [5.74, 6) is 3.05. The first-order valence-electron chi connectivity index (χ1n) is 11.8. The second-order valence-electron chi connectivity index (χ2n) is 8.93. The van der Waals surface area contributed by atoms with Crippen LogP contribution in [0.2, 0.25) is 0 Å². The van der Waals surface area contributed by atoms with Gasteiger partial charge in [-0.2, -0.15) is 0 Å². The average molecular weight is 474 g/mol. The lowest BCUT2D eigenvalue weighted by molar-refractivity contribution is 0.0818. The molecule has 1 aliphatic heterocycles. The molecule has 0 unspecified atom stereocenters. The van der Waals surface area contributed by atoms with Crippen LogP contribution in [0.5, 0.6) is 5.75 Å². The monoisotopic (exact) mass is 473 g/mol. The number of nitrogens with zero attached hydrogens (tertiary/aromatic N) is 6. The van der Waals surface area contributed by atoms with Crippen molar-refractivity contribution in [2.45, 2.75) is 32.8 Å². The van der Waals surface area contributed by atoms with E-state index in [-0.39, 0.29) is 0 Å². The molecule has 9 heteroatoms. The van der Waals surface area contributed by atoms with Crippen LogP contribution < -0.4 is 15.0 Å². The highest BCUT2D eigenvalue weighted by Crippen LogP contribution is 2.33. The quantitative estimate of drug-likeness (QED) is 0.440. The van der Waals surface area contributed by atoms with Crippen LogP contribution in [-0.2, 0) is 11.8 Å². The molecule has 0 amide bonds. The largest absolute Gasteiger partial charge is 0.495 e. The molecule has 1 saturated heterocycles. The van der Waals surface area contributed by atoms with E-state index in [1.54, 1.807) is 14.2 Å². The molecule has 0 aliphatic carbocycles. The molecule has 1 N–H and O–H groups in total. The van der Waals surface area contributed by atoms with Crippen molar-refractivity contribution in [3.05, 3.63) is 48.2 Å². The maximum atomic E-state index is 5.69. The Bertz CT molecular complexity index is 1360. The molecule has 4 heterocycles. The third-order valence-electron chi connectivity index (χ3n) is 6.71. The molecule has 0 radical (unpaired) electrons. The zero-order chi connectivity index (χ0) is 24.5. The molecule has 0 saturated carbocycles. The molecular formula is C26H31N7O2. The minimum absolute atomic E-state index is 0.305. The molecule has 0 atom stereocenters. The number of hydrogen-bond acceptors (Lipinski definition) is 8. The summed E-state index contributed by atoms with van der Waals surface area (Å²) < 4.78 is 13.3. The zero-order valence-corrected chi connectivity index (χ0v) is 20.9. The minimum atomic E-state index is 0.305. The molecule has 1 aromatic carbocycles. The van der Waals surface area contributed by atoms with Gasteiger partial charge in [0.15, 0.2) is 5.82 Å². The standard InChI is InChI=1S/C26H31N7O2/c1-16-12-19-14-28-26(31-24(19)25(29-16)33-10-8-20(34-4)9-11-33)30-21-7-6-18(13-23(21)35-5)22-15-27-17(2)32(22)3/h6-7,12-15,20H,8-11H2,1-5H3,(H,28,30,31). The second-order valence-corrected chi connectivity index (χ2v) is 8.93. The van der Waals surface area contributed by atoms with Gasteiger partial charge in [0.05, 0.1) is 30.8 Å². The lowest BCUT2D eigenvalue weighted by atomic mass is 10.1. The van der Waals surface area contributed by atoms with Crippen molar-refractivity contribution in [2.24, 2.45) is 7.05 Å². The van der Waals surface area contributed by atoms with Gasteiger partial charge in [-0.3, -0.25) is 0 Å². The maximum Gasteiger partial charge on any atom is 0.227 e. The van der Waals surface area contributed by atoms with Crippen molar-refractivity contribution < 1.29 is 9.47 Å². The van der Waals surface area contributed by atoms with E-state index in [4.69, 9.17) is 19.4 Å². The lowest BCUT2D eigenvalue weighted by Crippen LogP contribution is -2.37. The van der Waals surface area contributed by atoms with E-state index in [2.05, 4.69) is 24.8 Å². The molecule has 182 valence electrons. The van der Waals surface area contributed by atoms with Gasteiger partial charge >= 0.3 is 0 Å². The molecular weight excluding hydrogens is 442 g/mol. The van der Waals surface area contributed by atoms with E-state index in [1.165, 1.54) is 0 Å². The Morgan fingerprint density at radius 2 is 1.80 bits per heavy atom. The SMILES string of the molecule is COc1cc(-c2cnc(C)n2C)ccc1Nc1ncc2cc(C)nc(N3CCC(OC)CC3)c2n1. The molecule has 35 heavy (non-hydrogen) atoms. The van der Waals surface area contributed by atoms with E-state index < -0.39 is 0 Å². The van der Waals surface area contributed by atoms with E-state index in [9.17, 15) is 0 Å². The summed E-state index contributed by atoms with van der Waals surface area (Å²) in [6.07, 6.45) is 5.98. The number of anilines is 3. The van der Waals surface area contributed by atoms with Crippen LogP contribution in [-0.4, -0.2) is 57.9 Å². The number of hydrogen-bond donors (Lipinski definition) is 1. The number of rotatable bonds is 6. The molecule has 9 nitrogen and oxygen atoms in total. The van der Waals surface area contributed by atoms with Crippen molar-refractivity contribution in [1.82, 2.24) is 24.5 Å². The normalized spacial score (nSPS) is 14.5. The number of fused-ring (bicyclic) bond motifs is 1. The molecule has 0 bridgehead atoms. The highest BCUT2D eigenvalue weighted by Gasteiger charge is 2.22. The van der Waals surface area contributed by atoms with Crippen LogP contribution in [0.25, 0.3) is 22.2 Å². The van der Waals surface area contributed by atoms with Crippen LogP contribution in [0.3, 0.4) is 0 Å². The number of benzene rings is 1. The number of pyridine rings is 1. The molecule has 4 aromatic rings. The third kappa shape index (κ3) is 4.51. The zero-order valence-electron chi connectivity index (χ0n) is 20.9. The number of ether oxygens (including phenoxy) is 2. The van der Waals surface area contributed by atoms with E-state index in [0.29, 0.717) is 17.8 Å². The van der Waals surface area contributed by atoms with Crippen LogP contribution >= 0.6 is 0 Å². The highest BCUT2D eigenvalue weighted by molar-refractivity contribution is 5.89. The van der Waals surface area contributed by atoms with E-state index >= 15 is 0 Å². The summed E-state index contributed by atoms with van der Waals surface area (Å²) in [5.41, 5.74) is 4.63. The fraction of sp³-hybridized carbons (Fsp3) is 0.385. The van der Waals surface area contributed by atoms with Gasteiger partial charge in [0, 0.05) is 50.1 Å². The van der Waals surface area contributed by atoms with Crippen molar-refractivity contribution in [2.75, 3.05) is 37.5 Å². The number of methoxy groups -OCH3 is 2. The highest BCUT2D eigenvalue weighted by atomic mass is 16.5. The Morgan fingerprint density at radius 3 is 2.49 bits per heavy atom. The predicted molar refractivity (Wildman–Crippen MR) is 138 cm³/mol. The summed E-state index contributed by atoms with van der Waals surface area (Å²) in [7, 11) is 5.45. The van der Waals surface area contributed by atoms with Crippen LogP contribution in [0.4, 0.5) is 17.5 Å². The van der Waals surface area contributed by atoms with Gasteiger partial charge in [-0.1, -0.05) is 6.07 Å². The first kappa shape index (κ1) is 23.0. The van der Waals surface area contributed by atoms with Crippen molar-refractivity contribution in [3.63, 3.8) is 0 Å². The van der Waals surface area contributed by atoms with Gasteiger partial charge in [-0.15, -0.1) is 0 Å². The van der Waals surface area contributed by atoms with Gasteiger partial charge in [0.1, 0.15) is 17.1 Å². The summed E-state index contributed by atoms with van der Waals surface area (Å²) in [6, 6.07) is 8.04. The molecule has 3 aromatic heterocycles. The molecule has 1 fully saturated rings. The van der Waals surface area contributed by atoms with Gasteiger partial charge in [-0.25, -0.2) is 19.9 Å². The number of piperidine rings is 1. The number of nitrogens with one attached hydrogen (secondary N) is 1. The average Bonchev–Trinajstić information content (AvgIpc) is 3.22. The van der Waals surface area contributed by atoms with Gasteiger partial charge in [0.2, 0.25) is 5.95 Å². The molecule has 1 aliphatic rings.